The third-order valence-corrected chi connectivity index (χ3v) is 1.12. The molecule has 0 radical (unpaired) electrons. The molecule has 0 unspecified atom stereocenters. The van der Waals surface area contributed by atoms with E-state index in [1.165, 1.54) is 24.5 Å². The van der Waals surface area contributed by atoms with Crippen LogP contribution in [0.15, 0.2) is 24.5 Å². The number of carbonyl (C=O) groups excluding carboxylic acids is 1. The molecule has 0 spiro atoms. The van der Waals surface area contributed by atoms with Crippen LogP contribution in [-0.4, -0.2) is 17.4 Å². The van der Waals surface area contributed by atoms with Crippen molar-refractivity contribution in [3.05, 3.63) is 24.5 Å². The van der Waals surface area contributed by atoms with Crippen molar-refractivity contribution in [2.75, 3.05) is 5.32 Å². The van der Waals surface area contributed by atoms with E-state index in [9.17, 15) is 18.0 Å². The monoisotopic (exact) mass is 206 g/mol. The normalized spacial score (nSPS) is 10.8. The third-order valence-electron chi connectivity index (χ3n) is 1.12. The van der Waals surface area contributed by atoms with E-state index < -0.39 is 12.5 Å². The predicted octanol–water partition coefficient (Wildman–Crippen LogP) is 2.15. The molecule has 1 amide bonds. The van der Waals surface area contributed by atoms with Gasteiger partial charge in [-0.15, -0.1) is 13.2 Å². The minimum atomic E-state index is -4.98. The fourth-order valence-corrected chi connectivity index (χ4v) is 0.685. The van der Waals surface area contributed by atoms with Crippen LogP contribution >= 0.6 is 0 Å². The Hall–Kier alpha value is -1.79. The number of halogens is 3. The summed E-state index contributed by atoms with van der Waals surface area (Å²) in [5, 5.41) is 1.85. The number of carbonyl (C=O) groups is 1. The van der Waals surface area contributed by atoms with Crippen molar-refractivity contribution in [3.8, 4) is 0 Å². The molecule has 0 saturated heterocycles. The maximum absolute atomic E-state index is 11.5. The van der Waals surface area contributed by atoms with Crippen LogP contribution in [0.5, 0.6) is 0 Å². The fourth-order valence-electron chi connectivity index (χ4n) is 0.685. The van der Waals surface area contributed by atoms with Gasteiger partial charge in [-0.05, 0) is 12.1 Å². The molecule has 0 fully saturated rings. The van der Waals surface area contributed by atoms with Gasteiger partial charge in [-0.1, -0.05) is 0 Å². The molecule has 7 heteroatoms. The Bertz CT molecular complexity index is 312. The number of alkyl halides is 3. The van der Waals surface area contributed by atoms with Gasteiger partial charge in [0.2, 0.25) is 0 Å². The lowest BCUT2D eigenvalue weighted by Crippen LogP contribution is -2.23. The Morgan fingerprint density at radius 2 is 2.21 bits per heavy atom. The van der Waals surface area contributed by atoms with Gasteiger partial charge in [0.05, 0.1) is 11.9 Å². The van der Waals surface area contributed by atoms with Gasteiger partial charge in [-0.25, -0.2) is 4.79 Å². The standard InChI is InChI=1S/C7H5F3N2O2/c8-7(9,10)14-6(13)12-5-2-1-3-11-4-5/h1-4H,(H,12,13). The van der Waals surface area contributed by atoms with Crippen LogP contribution in [0.25, 0.3) is 0 Å². The van der Waals surface area contributed by atoms with Crippen LogP contribution in [0.2, 0.25) is 0 Å². The zero-order valence-corrected chi connectivity index (χ0v) is 6.71. The molecule has 1 aromatic heterocycles. The van der Waals surface area contributed by atoms with Crippen molar-refractivity contribution in [3.63, 3.8) is 0 Å². The van der Waals surface area contributed by atoms with Crippen molar-refractivity contribution in [2.45, 2.75) is 6.36 Å². The lowest BCUT2D eigenvalue weighted by Gasteiger charge is -2.07. The largest absolute Gasteiger partial charge is 0.576 e. The molecule has 0 aliphatic rings. The van der Waals surface area contributed by atoms with Gasteiger partial charge < -0.3 is 4.74 Å². The summed E-state index contributed by atoms with van der Waals surface area (Å²) in [5.41, 5.74) is 0.127. The van der Waals surface area contributed by atoms with Crippen LogP contribution < -0.4 is 5.32 Å². The summed E-state index contributed by atoms with van der Waals surface area (Å²) in [7, 11) is 0. The summed E-state index contributed by atoms with van der Waals surface area (Å²) in [6.07, 6.45) is -3.96. The van der Waals surface area contributed by atoms with Gasteiger partial charge in [-0.2, -0.15) is 0 Å². The molecule has 14 heavy (non-hydrogen) atoms. The van der Waals surface area contributed by atoms with Gasteiger partial charge in [-0.3, -0.25) is 10.3 Å². The Balaban J connectivity index is 2.50. The van der Waals surface area contributed by atoms with Gasteiger partial charge in [0.1, 0.15) is 0 Å². The molecule has 1 heterocycles. The summed E-state index contributed by atoms with van der Waals surface area (Å²) in [5.74, 6) is 0. The number of hydrogen-bond acceptors (Lipinski definition) is 3. The Morgan fingerprint density at radius 3 is 2.71 bits per heavy atom. The van der Waals surface area contributed by atoms with E-state index >= 15 is 0 Å². The van der Waals surface area contributed by atoms with Crippen LogP contribution in [0, 0.1) is 0 Å². The average molecular weight is 206 g/mol. The van der Waals surface area contributed by atoms with Crippen LogP contribution in [0.3, 0.4) is 0 Å². The SMILES string of the molecule is O=C(Nc1cccnc1)OC(F)(F)F. The van der Waals surface area contributed by atoms with Crippen molar-refractivity contribution >= 4 is 11.8 Å². The van der Waals surface area contributed by atoms with E-state index in [0.29, 0.717) is 0 Å². The number of pyridine rings is 1. The van der Waals surface area contributed by atoms with E-state index in [1.54, 1.807) is 0 Å². The highest BCUT2D eigenvalue weighted by molar-refractivity contribution is 5.84. The van der Waals surface area contributed by atoms with Crippen LogP contribution in [0.1, 0.15) is 0 Å². The number of rotatable bonds is 1. The van der Waals surface area contributed by atoms with E-state index in [1.807, 2.05) is 5.32 Å². The molecule has 0 bridgehead atoms. The van der Waals surface area contributed by atoms with Crippen LogP contribution in [0.4, 0.5) is 23.7 Å². The van der Waals surface area contributed by atoms with Crippen molar-refractivity contribution in [2.24, 2.45) is 0 Å². The lowest BCUT2D eigenvalue weighted by atomic mass is 10.4. The first kappa shape index (κ1) is 10.3. The Labute approximate surface area is 76.7 Å². The molecule has 0 aliphatic heterocycles. The number of amides is 1. The average Bonchev–Trinajstić information content (AvgIpc) is 2.02. The van der Waals surface area contributed by atoms with Crippen molar-refractivity contribution < 1.29 is 22.7 Å². The number of aromatic nitrogens is 1. The Morgan fingerprint density at radius 1 is 1.50 bits per heavy atom. The molecular formula is C7H5F3N2O2. The number of nitrogens with zero attached hydrogens (tertiary/aromatic N) is 1. The minimum absolute atomic E-state index is 0.127. The van der Waals surface area contributed by atoms with Crippen LogP contribution in [-0.2, 0) is 4.74 Å². The maximum Gasteiger partial charge on any atom is 0.576 e. The fraction of sp³-hybridized carbons (Fsp3) is 0.143. The molecular weight excluding hydrogens is 201 g/mol. The Kier molecular flexibility index (Phi) is 2.90. The molecule has 4 nitrogen and oxygen atoms in total. The molecule has 0 saturated carbocycles. The zero-order valence-electron chi connectivity index (χ0n) is 6.71. The molecule has 0 aromatic carbocycles. The quantitative estimate of drug-likeness (QED) is 0.765. The molecule has 1 rings (SSSR count). The second-order valence-corrected chi connectivity index (χ2v) is 2.20. The molecule has 0 aliphatic carbocycles. The first-order valence-corrected chi connectivity index (χ1v) is 3.44. The van der Waals surface area contributed by atoms with E-state index in [4.69, 9.17) is 0 Å². The van der Waals surface area contributed by atoms with Gasteiger partial charge >= 0.3 is 12.5 Å². The maximum atomic E-state index is 11.5. The van der Waals surface area contributed by atoms with Gasteiger partial charge in [0.15, 0.2) is 0 Å². The summed E-state index contributed by atoms with van der Waals surface area (Å²) >= 11 is 0. The molecule has 76 valence electrons. The highest BCUT2D eigenvalue weighted by Gasteiger charge is 2.33. The highest BCUT2D eigenvalue weighted by atomic mass is 19.4. The second kappa shape index (κ2) is 3.95. The summed E-state index contributed by atoms with van der Waals surface area (Å²) in [4.78, 5) is 14.1. The van der Waals surface area contributed by atoms with E-state index in [0.717, 1.165) is 0 Å². The second-order valence-electron chi connectivity index (χ2n) is 2.20. The number of ether oxygens (including phenoxy) is 1. The zero-order chi connectivity index (χ0) is 10.6. The summed E-state index contributed by atoms with van der Waals surface area (Å²) in [6.45, 7) is 0. The van der Waals surface area contributed by atoms with Gasteiger partial charge in [0.25, 0.3) is 0 Å². The van der Waals surface area contributed by atoms with E-state index in [2.05, 4.69) is 9.72 Å². The number of nitrogens with one attached hydrogen (secondary N) is 1. The minimum Gasteiger partial charge on any atom is -0.356 e. The smallest absolute Gasteiger partial charge is 0.356 e. The first-order valence-electron chi connectivity index (χ1n) is 3.44. The molecule has 1 aromatic rings. The predicted molar refractivity (Wildman–Crippen MR) is 40.4 cm³/mol. The van der Waals surface area contributed by atoms with Crippen molar-refractivity contribution in [1.82, 2.24) is 4.98 Å². The molecule has 1 N–H and O–H groups in total. The van der Waals surface area contributed by atoms with Gasteiger partial charge in [0, 0.05) is 6.20 Å². The summed E-state index contributed by atoms with van der Waals surface area (Å²) in [6, 6.07) is 2.84. The van der Waals surface area contributed by atoms with E-state index in [-0.39, 0.29) is 5.69 Å². The third kappa shape index (κ3) is 3.74. The molecule has 0 atom stereocenters. The highest BCUT2D eigenvalue weighted by Crippen LogP contribution is 2.17. The van der Waals surface area contributed by atoms with Crippen molar-refractivity contribution in [1.29, 1.82) is 0 Å². The lowest BCUT2D eigenvalue weighted by molar-refractivity contribution is -0.289. The topological polar surface area (TPSA) is 51.2 Å². The first-order chi connectivity index (χ1) is 6.47. The summed E-state index contributed by atoms with van der Waals surface area (Å²) < 4.78 is 37.6. The number of anilines is 1. The number of hydrogen-bond donors (Lipinski definition) is 1.